The summed E-state index contributed by atoms with van der Waals surface area (Å²) in [6.07, 6.45) is 3.94. The van der Waals surface area contributed by atoms with Gasteiger partial charge in [0.15, 0.2) is 0 Å². The Balaban J connectivity index is 1.53. The molecule has 1 saturated heterocycles. The molecule has 0 bridgehead atoms. The van der Waals surface area contributed by atoms with Crippen LogP contribution in [0, 0.1) is 18.3 Å². The third-order valence-corrected chi connectivity index (χ3v) is 6.54. The maximum atomic E-state index is 12.4. The Labute approximate surface area is 204 Å². The van der Waals surface area contributed by atoms with Crippen molar-refractivity contribution in [2.45, 2.75) is 64.0 Å². The highest BCUT2D eigenvalue weighted by Crippen LogP contribution is 2.34. The molecule has 0 aromatic heterocycles. The third-order valence-electron chi connectivity index (χ3n) is 5.96. The van der Waals surface area contributed by atoms with E-state index in [2.05, 4.69) is 22.0 Å². The minimum atomic E-state index is -0.527. The van der Waals surface area contributed by atoms with Crippen LogP contribution < -0.4 is 16.0 Å². The summed E-state index contributed by atoms with van der Waals surface area (Å²) in [6.45, 7) is 3.87. The van der Waals surface area contributed by atoms with E-state index >= 15 is 0 Å². The monoisotopic (exact) mass is 486 g/mol. The van der Waals surface area contributed by atoms with Crippen LogP contribution in [-0.4, -0.2) is 24.0 Å². The second-order valence-corrected chi connectivity index (χ2v) is 9.31. The van der Waals surface area contributed by atoms with Gasteiger partial charge in [-0.25, -0.2) is 4.79 Å². The summed E-state index contributed by atoms with van der Waals surface area (Å²) in [5, 5.41) is 19.5. The predicted octanol–water partition coefficient (Wildman–Crippen LogP) is 5.92. The van der Waals surface area contributed by atoms with E-state index < -0.39 is 5.92 Å². The largest absolute Gasteiger partial charge is 0.334 e. The number of nitrogens with zero attached hydrogens (tertiary/aromatic N) is 1. The lowest BCUT2D eigenvalue weighted by molar-refractivity contribution is -0.116. The molecule has 0 spiro atoms. The molecule has 3 amide bonds. The number of aryl methyl sites for hydroxylation is 1. The van der Waals surface area contributed by atoms with Crippen molar-refractivity contribution in [2.24, 2.45) is 0 Å². The van der Waals surface area contributed by atoms with Gasteiger partial charge in [-0.2, -0.15) is 5.26 Å². The Morgan fingerprint density at radius 3 is 2.52 bits per heavy atom. The van der Waals surface area contributed by atoms with Crippen LogP contribution in [0.25, 0.3) is 0 Å². The van der Waals surface area contributed by atoms with Crippen LogP contribution in [0.5, 0.6) is 0 Å². The van der Waals surface area contributed by atoms with Crippen molar-refractivity contribution in [2.75, 3.05) is 5.32 Å². The number of unbranched alkanes of at least 4 members (excludes halogenated alkanes) is 2. The minimum absolute atomic E-state index is 0.0688. The summed E-state index contributed by atoms with van der Waals surface area (Å²) in [7, 11) is 0. The zero-order valence-corrected chi connectivity index (χ0v) is 20.3. The van der Waals surface area contributed by atoms with Gasteiger partial charge in [-0.05, 0) is 61.6 Å². The predicted molar refractivity (Wildman–Crippen MR) is 132 cm³/mol. The number of rotatable bonds is 9. The molecule has 0 saturated carbocycles. The van der Waals surface area contributed by atoms with Gasteiger partial charge in [0.05, 0.1) is 18.0 Å². The Morgan fingerprint density at radius 2 is 1.88 bits per heavy atom. The molecule has 3 rings (SSSR count). The van der Waals surface area contributed by atoms with Gasteiger partial charge in [0.2, 0.25) is 5.91 Å². The molecule has 2 aromatic rings. The van der Waals surface area contributed by atoms with Crippen LogP contribution >= 0.6 is 23.2 Å². The van der Waals surface area contributed by atoms with Gasteiger partial charge < -0.3 is 16.0 Å². The molecule has 0 radical (unpaired) electrons. The van der Waals surface area contributed by atoms with E-state index in [0.29, 0.717) is 27.7 Å². The lowest BCUT2D eigenvalue weighted by Gasteiger charge is -2.16. The lowest BCUT2D eigenvalue weighted by atomic mass is 9.91. The van der Waals surface area contributed by atoms with Crippen LogP contribution in [-0.2, 0) is 4.79 Å². The van der Waals surface area contributed by atoms with E-state index in [1.54, 1.807) is 18.2 Å². The number of anilines is 1. The number of nitrogens with one attached hydrogen (secondary N) is 3. The number of carbonyl (C=O) groups is 2. The number of carbonyl (C=O) groups excluding carboxylic acids is 2. The minimum Gasteiger partial charge on any atom is -0.334 e. The van der Waals surface area contributed by atoms with Gasteiger partial charge in [-0.15, -0.1) is 0 Å². The zero-order chi connectivity index (χ0) is 24.0. The molecule has 1 fully saturated rings. The fraction of sp³-hybridized carbons (Fsp3) is 0.400. The molecule has 0 unspecified atom stereocenters. The first kappa shape index (κ1) is 24.9. The summed E-state index contributed by atoms with van der Waals surface area (Å²) in [6, 6.07) is 13.2. The summed E-state index contributed by atoms with van der Waals surface area (Å²) in [4.78, 5) is 23.8. The second kappa shape index (κ2) is 11.4. The first-order valence-electron chi connectivity index (χ1n) is 11.1. The maximum Gasteiger partial charge on any atom is 0.315 e. The number of benzene rings is 2. The molecular weight excluding hydrogens is 459 g/mol. The number of hydrogen-bond donors (Lipinski definition) is 3. The van der Waals surface area contributed by atoms with Crippen LogP contribution in [0.1, 0.15) is 61.6 Å². The molecule has 3 N–H and O–H groups in total. The van der Waals surface area contributed by atoms with E-state index in [9.17, 15) is 14.9 Å². The topological polar surface area (TPSA) is 94.0 Å². The fourth-order valence-corrected chi connectivity index (χ4v) is 4.44. The molecule has 174 valence electrons. The number of nitriles is 1. The molecule has 6 nitrogen and oxygen atoms in total. The first-order chi connectivity index (χ1) is 15.8. The van der Waals surface area contributed by atoms with Gasteiger partial charge in [0, 0.05) is 28.2 Å². The molecule has 1 aliphatic rings. The fourth-order valence-electron chi connectivity index (χ4n) is 4.04. The molecule has 0 aliphatic carbocycles. The number of amides is 3. The molecule has 3 atom stereocenters. The highest BCUT2D eigenvalue weighted by atomic mass is 35.5. The van der Waals surface area contributed by atoms with Crippen molar-refractivity contribution >= 4 is 40.8 Å². The van der Waals surface area contributed by atoms with Gasteiger partial charge >= 0.3 is 6.03 Å². The van der Waals surface area contributed by atoms with Gasteiger partial charge in [0.25, 0.3) is 0 Å². The van der Waals surface area contributed by atoms with E-state index in [-0.39, 0.29) is 24.0 Å². The lowest BCUT2D eigenvalue weighted by Crippen LogP contribution is -2.30. The average molecular weight is 487 g/mol. The van der Waals surface area contributed by atoms with Crippen molar-refractivity contribution in [1.29, 1.82) is 5.26 Å². The summed E-state index contributed by atoms with van der Waals surface area (Å²) < 4.78 is 0. The van der Waals surface area contributed by atoms with E-state index in [1.165, 1.54) is 0 Å². The molecular formula is C25H28Cl2N4O2. The first-order valence-corrected chi connectivity index (χ1v) is 11.9. The third kappa shape index (κ3) is 6.63. The standard InChI is InChI=1S/C25H28Cl2N4O2/c1-15-12-19(20(14-28)17-8-10-18(26)11-9-17)21(27)13-23(15)30-24(32)7-5-3-4-6-22-16(2)29-25(33)31-22/h8-13,16,20,22H,3-7H2,1-2H3,(H,30,32)(H2,29,31,33)/t16-,20+,22-/m0/s1. The van der Waals surface area contributed by atoms with Crippen molar-refractivity contribution < 1.29 is 9.59 Å². The quantitative estimate of drug-likeness (QED) is 0.384. The highest BCUT2D eigenvalue weighted by Gasteiger charge is 2.26. The smallest absolute Gasteiger partial charge is 0.315 e. The van der Waals surface area contributed by atoms with Crippen LogP contribution in [0.4, 0.5) is 10.5 Å². The van der Waals surface area contributed by atoms with E-state index in [4.69, 9.17) is 23.2 Å². The highest BCUT2D eigenvalue weighted by molar-refractivity contribution is 6.32. The molecule has 1 heterocycles. The zero-order valence-electron chi connectivity index (χ0n) is 18.8. The second-order valence-electron chi connectivity index (χ2n) is 8.46. The Kier molecular flexibility index (Phi) is 8.60. The average Bonchev–Trinajstić information content (AvgIpc) is 3.09. The SMILES string of the molecule is Cc1cc([C@H](C#N)c2ccc(Cl)cc2)c(Cl)cc1NC(=O)CCCCC[C@@H]1NC(=O)N[C@H]1C. The van der Waals surface area contributed by atoms with Crippen molar-refractivity contribution in [1.82, 2.24) is 10.6 Å². The molecule has 33 heavy (non-hydrogen) atoms. The number of urea groups is 1. The Bertz CT molecular complexity index is 1050. The summed E-state index contributed by atoms with van der Waals surface area (Å²) >= 11 is 12.5. The normalized spacial score (nSPS) is 18.2. The number of halogens is 2. The van der Waals surface area contributed by atoms with Crippen LogP contribution in [0.3, 0.4) is 0 Å². The molecule has 8 heteroatoms. The van der Waals surface area contributed by atoms with E-state index in [1.807, 2.05) is 32.0 Å². The van der Waals surface area contributed by atoms with Crippen molar-refractivity contribution in [3.8, 4) is 6.07 Å². The summed E-state index contributed by atoms with van der Waals surface area (Å²) in [5.41, 5.74) is 2.99. The number of hydrogen-bond acceptors (Lipinski definition) is 3. The summed E-state index contributed by atoms with van der Waals surface area (Å²) in [5.74, 6) is -0.596. The Morgan fingerprint density at radius 1 is 1.15 bits per heavy atom. The maximum absolute atomic E-state index is 12.4. The van der Waals surface area contributed by atoms with E-state index in [0.717, 1.165) is 36.8 Å². The van der Waals surface area contributed by atoms with Gasteiger partial charge in [-0.3, -0.25) is 4.79 Å². The van der Waals surface area contributed by atoms with Crippen molar-refractivity contribution in [3.05, 3.63) is 63.1 Å². The molecule has 1 aliphatic heterocycles. The van der Waals surface area contributed by atoms with Crippen LogP contribution in [0.15, 0.2) is 36.4 Å². The molecule has 2 aromatic carbocycles. The van der Waals surface area contributed by atoms with Gasteiger partial charge in [-0.1, -0.05) is 54.2 Å². The van der Waals surface area contributed by atoms with Crippen LogP contribution in [0.2, 0.25) is 10.0 Å². The Hall–Kier alpha value is -2.75. The van der Waals surface area contributed by atoms with Crippen molar-refractivity contribution in [3.63, 3.8) is 0 Å². The van der Waals surface area contributed by atoms with Gasteiger partial charge in [0.1, 0.15) is 0 Å².